The maximum absolute atomic E-state index is 11.5. The molecule has 1 aliphatic rings. The molecule has 5 atom stereocenters. The minimum absolute atomic E-state index is 0.00776. The third kappa shape index (κ3) is 6.26. The van der Waals surface area contributed by atoms with Crippen LogP contribution < -0.4 is 5.32 Å². The number of aliphatic hydroxyl groups excluding tert-OH is 1. The number of hydrogen-bond donors (Lipinski definition) is 2. The summed E-state index contributed by atoms with van der Waals surface area (Å²) in [6.45, 7) is 6.64. The van der Waals surface area contributed by atoms with Crippen LogP contribution in [0.4, 0.5) is 5.69 Å². The molecule has 1 aliphatic heterocycles. The van der Waals surface area contributed by atoms with Crippen molar-refractivity contribution in [3.05, 3.63) is 113 Å². The third-order valence-electron chi connectivity index (χ3n) is 8.01. The van der Waals surface area contributed by atoms with Gasteiger partial charge >= 0.3 is 0 Å². The van der Waals surface area contributed by atoms with E-state index in [2.05, 4.69) is 73.6 Å². The number of fused-ring (bicyclic) bond motifs is 1. The summed E-state index contributed by atoms with van der Waals surface area (Å²) in [5.41, 5.74) is 4.82. The lowest BCUT2D eigenvalue weighted by Crippen LogP contribution is -2.44. The molecule has 5 rings (SSSR count). The highest BCUT2D eigenvalue weighted by molar-refractivity contribution is 5.88. The normalized spacial score (nSPS) is 21.9. The zero-order valence-electron chi connectivity index (χ0n) is 23.6. The quantitative estimate of drug-likeness (QED) is 0.259. The van der Waals surface area contributed by atoms with Crippen LogP contribution in [0.3, 0.4) is 0 Å². The summed E-state index contributed by atoms with van der Waals surface area (Å²) in [7, 11) is 2.15. The predicted octanol–water partition coefficient (Wildman–Crippen LogP) is 6.77. The number of hydrogen-bond acceptors (Lipinski definition) is 5. The molecule has 1 fully saturated rings. The number of nitrogens with zero attached hydrogens (tertiary/aromatic N) is 1. The highest BCUT2D eigenvalue weighted by atomic mass is 16.7. The number of carbonyl (C=O) groups excluding carboxylic acids is 1. The first-order valence-electron chi connectivity index (χ1n) is 13.9. The van der Waals surface area contributed by atoms with Crippen LogP contribution in [0.2, 0.25) is 0 Å². The first-order valence-corrected chi connectivity index (χ1v) is 13.9. The van der Waals surface area contributed by atoms with Crippen molar-refractivity contribution in [3.8, 4) is 0 Å². The number of anilines is 1. The fourth-order valence-corrected chi connectivity index (χ4v) is 5.42. The molecule has 0 spiro atoms. The minimum Gasteiger partial charge on any atom is -0.392 e. The lowest BCUT2D eigenvalue weighted by molar-refractivity contribution is -0.276. The molecule has 1 saturated heterocycles. The first-order chi connectivity index (χ1) is 19.3. The average molecular weight is 539 g/mol. The van der Waals surface area contributed by atoms with Gasteiger partial charge in [0, 0.05) is 36.7 Å². The molecule has 6 nitrogen and oxygen atoms in total. The number of amides is 1. The molecule has 0 aliphatic carbocycles. The number of rotatable bonds is 8. The Morgan fingerprint density at radius 1 is 0.925 bits per heavy atom. The van der Waals surface area contributed by atoms with E-state index in [9.17, 15) is 9.90 Å². The summed E-state index contributed by atoms with van der Waals surface area (Å²) in [5.74, 6) is -0.0251. The van der Waals surface area contributed by atoms with Gasteiger partial charge in [-0.2, -0.15) is 0 Å². The zero-order valence-corrected chi connectivity index (χ0v) is 23.6. The number of carbonyl (C=O) groups is 1. The minimum atomic E-state index is -0.556. The van der Waals surface area contributed by atoms with Gasteiger partial charge in [0.2, 0.25) is 5.91 Å². The molecule has 4 aromatic carbocycles. The SMILES string of the molecule is CC(=O)Nc1ccc(C2OC(CN(C)C(C)c3ccc4ccccc4c3)C(C)C(c3ccc(CO)cc3)O2)cc1. The molecule has 1 heterocycles. The van der Waals surface area contributed by atoms with Gasteiger partial charge in [-0.15, -0.1) is 0 Å². The third-order valence-corrected chi connectivity index (χ3v) is 8.01. The lowest BCUT2D eigenvalue weighted by atomic mass is 9.89. The first kappa shape index (κ1) is 28.0. The van der Waals surface area contributed by atoms with Gasteiger partial charge < -0.3 is 19.9 Å². The van der Waals surface area contributed by atoms with E-state index in [4.69, 9.17) is 9.47 Å². The molecule has 208 valence electrons. The topological polar surface area (TPSA) is 71.0 Å². The van der Waals surface area contributed by atoms with Gasteiger partial charge in [0.25, 0.3) is 0 Å². The Labute approximate surface area is 236 Å². The Morgan fingerprint density at radius 2 is 1.60 bits per heavy atom. The van der Waals surface area contributed by atoms with Crippen molar-refractivity contribution in [2.45, 2.75) is 51.9 Å². The van der Waals surface area contributed by atoms with Crippen LogP contribution in [0, 0.1) is 5.92 Å². The van der Waals surface area contributed by atoms with Crippen molar-refractivity contribution >= 4 is 22.4 Å². The number of likely N-dealkylation sites (N-methyl/N-ethyl adjacent to an activating group) is 1. The Balaban J connectivity index is 1.39. The van der Waals surface area contributed by atoms with Crippen molar-refractivity contribution in [3.63, 3.8) is 0 Å². The second-order valence-electron chi connectivity index (χ2n) is 10.8. The van der Waals surface area contributed by atoms with Crippen LogP contribution in [0.5, 0.6) is 0 Å². The van der Waals surface area contributed by atoms with Gasteiger partial charge in [0.15, 0.2) is 6.29 Å². The van der Waals surface area contributed by atoms with E-state index in [0.717, 1.165) is 28.9 Å². The second kappa shape index (κ2) is 12.3. The van der Waals surface area contributed by atoms with Gasteiger partial charge in [-0.25, -0.2) is 0 Å². The van der Waals surface area contributed by atoms with Crippen molar-refractivity contribution in [2.75, 3.05) is 18.9 Å². The van der Waals surface area contributed by atoms with Gasteiger partial charge in [0.05, 0.1) is 18.8 Å². The van der Waals surface area contributed by atoms with Crippen LogP contribution in [0.25, 0.3) is 10.8 Å². The molecule has 0 bridgehead atoms. The van der Waals surface area contributed by atoms with Crippen molar-refractivity contribution in [1.82, 2.24) is 4.90 Å². The second-order valence-corrected chi connectivity index (χ2v) is 10.8. The molecule has 40 heavy (non-hydrogen) atoms. The summed E-state index contributed by atoms with van der Waals surface area (Å²) in [6.07, 6.45) is -0.834. The standard InChI is InChI=1S/C34H38N2O4/c1-22-32(20-36(4)23(2)29-14-13-26-7-5-6-8-30(26)19-29)39-34(28-15-17-31(18-16-28)35-24(3)38)40-33(22)27-11-9-25(21-37)10-12-27/h5-19,22-23,32-34,37H,20-21H2,1-4H3,(H,35,38). The van der Waals surface area contributed by atoms with E-state index in [0.29, 0.717) is 0 Å². The molecule has 0 radical (unpaired) electrons. The molecule has 0 saturated carbocycles. The fourth-order valence-electron chi connectivity index (χ4n) is 5.42. The molecule has 6 heteroatoms. The van der Waals surface area contributed by atoms with E-state index in [-0.39, 0.29) is 36.7 Å². The number of nitrogens with one attached hydrogen (secondary N) is 1. The molecule has 2 N–H and O–H groups in total. The molecule has 0 aromatic heterocycles. The Morgan fingerprint density at radius 3 is 2.27 bits per heavy atom. The van der Waals surface area contributed by atoms with Gasteiger partial charge in [-0.05, 0) is 59.6 Å². The monoisotopic (exact) mass is 538 g/mol. The smallest absolute Gasteiger partial charge is 0.221 e. The summed E-state index contributed by atoms with van der Waals surface area (Å²) in [4.78, 5) is 13.8. The van der Waals surface area contributed by atoms with Gasteiger partial charge in [-0.1, -0.05) is 79.7 Å². The van der Waals surface area contributed by atoms with Gasteiger partial charge in [0.1, 0.15) is 0 Å². The fraction of sp³-hybridized carbons (Fsp3) is 0.324. The van der Waals surface area contributed by atoms with Crippen LogP contribution >= 0.6 is 0 Å². The number of benzene rings is 4. The summed E-state index contributed by atoms with van der Waals surface area (Å²) < 4.78 is 13.2. The Hall–Kier alpha value is -3.55. The average Bonchev–Trinajstić information content (AvgIpc) is 2.97. The van der Waals surface area contributed by atoms with Crippen molar-refractivity contribution < 1.29 is 19.4 Å². The summed E-state index contributed by atoms with van der Waals surface area (Å²) >= 11 is 0. The van der Waals surface area contributed by atoms with Crippen molar-refractivity contribution in [1.29, 1.82) is 0 Å². The van der Waals surface area contributed by atoms with E-state index < -0.39 is 6.29 Å². The lowest BCUT2D eigenvalue weighted by Gasteiger charge is -2.43. The van der Waals surface area contributed by atoms with E-state index in [1.165, 1.54) is 23.3 Å². The molecule has 5 unspecified atom stereocenters. The van der Waals surface area contributed by atoms with Crippen LogP contribution in [0.15, 0.2) is 91.0 Å². The van der Waals surface area contributed by atoms with Crippen molar-refractivity contribution in [2.24, 2.45) is 5.92 Å². The maximum atomic E-state index is 11.5. The van der Waals surface area contributed by atoms with E-state index in [1.807, 2.05) is 48.5 Å². The van der Waals surface area contributed by atoms with Crippen LogP contribution in [-0.2, 0) is 20.9 Å². The van der Waals surface area contributed by atoms with E-state index >= 15 is 0 Å². The molecule has 4 aromatic rings. The summed E-state index contributed by atoms with van der Waals surface area (Å²) in [5, 5.41) is 14.8. The Kier molecular flexibility index (Phi) is 8.62. The maximum Gasteiger partial charge on any atom is 0.221 e. The van der Waals surface area contributed by atoms with Crippen LogP contribution in [-0.4, -0.2) is 35.6 Å². The zero-order chi connectivity index (χ0) is 28.2. The highest BCUT2D eigenvalue weighted by Crippen LogP contribution is 2.42. The van der Waals surface area contributed by atoms with E-state index in [1.54, 1.807) is 0 Å². The molecular formula is C34H38N2O4. The molecular weight excluding hydrogens is 500 g/mol. The number of aliphatic hydroxyl groups is 1. The predicted molar refractivity (Wildman–Crippen MR) is 159 cm³/mol. The molecule has 1 amide bonds. The largest absolute Gasteiger partial charge is 0.392 e. The van der Waals surface area contributed by atoms with Gasteiger partial charge in [-0.3, -0.25) is 9.69 Å². The summed E-state index contributed by atoms with van der Waals surface area (Å²) in [6, 6.07) is 30.9. The van der Waals surface area contributed by atoms with Crippen LogP contribution in [0.1, 0.15) is 61.5 Å². The highest BCUT2D eigenvalue weighted by Gasteiger charge is 2.39. The Bertz CT molecular complexity index is 1440. The number of ether oxygens (including phenoxy) is 2.